The molecule has 0 aromatic heterocycles. The highest BCUT2D eigenvalue weighted by atomic mass is 16.5. The second-order valence-electron chi connectivity index (χ2n) is 5.87. The van der Waals surface area contributed by atoms with E-state index in [0.29, 0.717) is 6.54 Å². The van der Waals surface area contributed by atoms with Crippen molar-refractivity contribution in [3.63, 3.8) is 0 Å². The third-order valence-electron chi connectivity index (χ3n) is 4.55. The zero-order chi connectivity index (χ0) is 15.6. The summed E-state index contributed by atoms with van der Waals surface area (Å²) >= 11 is 0. The van der Waals surface area contributed by atoms with Crippen LogP contribution in [-0.2, 0) is 0 Å². The normalized spacial score (nSPS) is 19.6. The molecule has 5 nitrogen and oxygen atoms in total. The molecule has 22 heavy (non-hydrogen) atoms. The Balaban J connectivity index is 1.83. The number of likely N-dealkylation sites (tertiary alicyclic amines) is 1. The number of nitrogens with zero attached hydrogens (tertiary/aromatic N) is 1. The van der Waals surface area contributed by atoms with E-state index in [4.69, 9.17) is 19.9 Å². The summed E-state index contributed by atoms with van der Waals surface area (Å²) < 4.78 is 17.2. The van der Waals surface area contributed by atoms with Crippen LogP contribution in [0.1, 0.15) is 18.4 Å². The van der Waals surface area contributed by atoms with Gasteiger partial charge >= 0.3 is 0 Å². The topological polar surface area (TPSA) is 57.0 Å². The van der Waals surface area contributed by atoms with Crippen molar-refractivity contribution in [3.8, 4) is 17.2 Å². The van der Waals surface area contributed by atoms with E-state index in [0.717, 1.165) is 55.3 Å². The maximum Gasteiger partial charge on any atom is 0.135 e. The fourth-order valence-electron chi connectivity index (χ4n) is 3.21. The van der Waals surface area contributed by atoms with Gasteiger partial charge in [-0.15, -0.1) is 0 Å². The van der Waals surface area contributed by atoms with Gasteiger partial charge < -0.3 is 24.8 Å². The predicted molar refractivity (Wildman–Crippen MR) is 86.7 cm³/mol. The molecule has 1 spiro atoms. The summed E-state index contributed by atoms with van der Waals surface area (Å²) in [6, 6.07) is 3.82. The summed E-state index contributed by atoms with van der Waals surface area (Å²) in [4.78, 5) is 2.39. The van der Waals surface area contributed by atoms with Gasteiger partial charge in [-0.2, -0.15) is 0 Å². The molecule has 0 saturated carbocycles. The number of piperidine rings is 1. The molecular weight excluding hydrogens is 280 g/mol. The van der Waals surface area contributed by atoms with Crippen LogP contribution in [0.5, 0.6) is 17.2 Å². The van der Waals surface area contributed by atoms with Gasteiger partial charge in [-0.05, 0) is 12.2 Å². The van der Waals surface area contributed by atoms with Crippen molar-refractivity contribution in [1.82, 2.24) is 4.90 Å². The van der Waals surface area contributed by atoms with Crippen LogP contribution in [0.2, 0.25) is 0 Å². The molecule has 1 saturated heterocycles. The lowest BCUT2D eigenvalue weighted by molar-refractivity contribution is 0.0394. The molecule has 0 amide bonds. The number of methoxy groups -OCH3 is 2. The lowest BCUT2D eigenvalue weighted by Crippen LogP contribution is -2.48. The summed E-state index contributed by atoms with van der Waals surface area (Å²) in [5.74, 6) is 2.37. The lowest BCUT2D eigenvalue weighted by Gasteiger charge is -2.42. The van der Waals surface area contributed by atoms with Crippen LogP contribution < -0.4 is 19.9 Å². The van der Waals surface area contributed by atoms with E-state index in [9.17, 15) is 0 Å². The molecule has 5 heteroatoms. The molecule has 0 bridgehead atoms. The van der Waals surface area contributed by atoms with Crippen LogP contribution in [0.25, 0.3) is 6.08 Å². The van der Waals surface area contributed by atoms with Gasteiger partial charge in [0.1, 0.15) is 22.8 Å². The Hall–Kier alpha value is -1.72. The van der Waals surface area contributed by atoms with Gasteiger partial charge in [0.25, 0.3) is 0 Å². The first kappa shape index (κ1) is 15.2. The minimum Gasteiger partial charge on any atom is -0.496 e. The fourth-order valence-corrected chi connectivity index (χ4v) is 3.21. The van der Waals surface area contributed by atoms with Crippen LogP contribution in [0.15, 0.2) is 18.2 Å². The third-order valence-corrected chi connectivity index (χ3v) is 4.55. The van der Waals surface area contributed by atoms with Crippen molar-refractivity contribution in [2.45, 2.75) is 18.4 Å². The minimum atomic E-state index is -0.213. The van der Waals surface area contributed by atoms with Gasteiger partial charge in [0.05, 0.1) is 19.8 Å². The Kier molecular flexibility index (Phi) is 4.27. The Morgan fingerprint density at radius 1 is 1.23 bits per heavy atom. The monoisotopic (exact) mass is 304 g/mol. The van der Waals surface area contributed by atoms with Gasteiger partial charge in [0.2, 0.25) is 0 Å². The molecule has 0 unspecified atom stereocenters. The van der Waals surface area contributed by atoms with E-state index >= 15 is 0 Å². The molecule has 1 fully saturated rings. The van der Waals surface area contributed by atoms with Crippen molar-refractivity contribution < 1.29 is 14.2 Å². The molecule has 2 aliphatic rings. The average Bonchev–Trinajstić information content (AvgIpc) is 2.56. The maximum atomic E-state index is 6.37. The van der Waals surface area contributed by atoms with E-state index in [1.165, 1.54) is 0 Å². The van der Waals surface area contributed by atoms with E-state index in [-0.39, 0.29) is 5.60 Å². The second-order valence-corrected chi connectivity index (χ2v) is 5.87. The van der Waals surface area contributed by atoms with Crippen molar-refractivity contribution in [1.29, 1.82) is 0 Å². The minimum absolute atomic E-state index is 0.213. The highest BCUT2D eigenvalue weighted by Crippen LogP contribution is 2.43. The van der Waals surface area contributed by atoms with E-state index < -0.39 is 0 Å². The smallest absolute Gasteiger partial charge is 0.135 e. The van der Waals surface area contributed by atoms with Gasteiger partial charge in [0, 0.05) is 51.2 Å². The SMILES string of the molecule is COc1cc(OC)c2c(c1)OC1(C=C2)CCN(CCN)CC1. The number of hydrogen-bond acceptors (Lipinski definition) is 5. The number of rotatable bonds is 4. The molecule has 0 atom stereocenters. The molecule has 3 rings (SSSR count). The Bertz CT molecular complexity index is 563. The summed E-state index contributed by atoms with van der Waals surface area (Å²) in [5.41, 5.74) is 6.41. The Morgan fingerprint density at radius 3 is 2.64 bits per heavy atom. The Morgan fingerprint density at radius 2 is 2.00 bits per heavy atom. The number of ether oxygens (including phenoxy) is 3. The van der Waals surface area contributed by atoms with Crippen molar-refractivity contribution in [3.05, 3.63) is 23.8 Å². The summed E-state index contributed by atoms with van der Waals surface area (Å²) in [6.07, 6.45) is 6.25. The zero-order valence-electron chi connectivity index (χ0n) is 13.3. The summed E-state index contributed by atoms with van der Waals surface area (Å²) in [5, 5.41) is 0. The first-order chi connectivity index (χ1) is 10.7. The van der Waals surface area contributed by atoms with Crippen molar-refractivity contribution in [2.75, 3.05) is 40.4 Å². The van der Waals surface area contributed by atoms with Gasteiger partial charge in [-0.25, -0.2) is 0 Å². The molecule has 120 valence electrons. The number of nitrogens with two attached hydrogens (primary N) is 1. The van der Waals surface area contributed by atoms with Crippen LogP contribution in [0.4, 0.5) is 0 Å². The zero-order valence-corrected chi connectivity index (χ0v) is 13.3. The highest BCUT2D eigenvalue weighted by Gasteiger charge is 2.37. The van der Waals surface area contributed by atoms with Gasteiger partial charge in [0.15, 0.2) is 0 Å². The first-order valence-electron chi connectivity index (χ1n) is 7.76. The largest absolute Gasteiger partial charge is 0.496 e. The van der Waals surface area contributed by atoms with Crippen LogP contribution >= 0.6 is 0 Å². The summed E-state index contributed by atoms with van der Waals surface area (Å²) in [7, 11) is 3.32. The number of hydrogen-bond donors (Lipinski definition) is 1. The van der Waals surface area contributed by atoms with Gasteiger partial charge in [-0.1, -0.05) is 0 Å². The second kappa shape index (κ2) is 6.18. The standard InChI is InChI=1S/C17H24N2O3/c1-20-13-11-15(21-2)14-3-4-17(22-16(14)12-13)5-8-19(9-6-17)10-7-18/h3-4,11-12H,5-10,18H2,1-2H3. The van der Waals surface area contributed by atoms with Crippen molar-refractivity contribution in [2.24, 2.45) is 5.73 Å². The molecule has 0 aliphatic carbocycles. The Labute approximate surface area is 131 Å². The third kappa shape index (κ3) is 2.78. The highest BCUT2D eigenvalue weighted by molar-refractivity contribution is 5.69. The van der Waals surface area contributed by atoms with Crippen LogP contribution in [0.3, 0.4) is 0 Å². The molecule has 1 aromatic carbocycles. The van der Waals surface area contributed by atoms with E-state index in [1.807, 2.05) is 12.1 Å². The lowest BCUT2D eigenvalue weighted by atomic mass is 9.88. The van der Waals surface area contributed by atoms with Gasteiger partial charge in [-0.3, -0.25) is 0 Å². The molecule has 1 aromatic rings. The quantitative estimate of drug-likeness (QED) is 0.921. The molecule has 0 radical (unpaired) electrons. The molecular formula is C17H24N2O3. The predicted octanol–water partition coefficient (Wildman–Crippen LogP) is 1.90. The van der Waals surface area contributed by atoms with E-state index in [2.05, 4.69) is 17.1 Å². The number of benzene rings is 1. The fraction of sp³-hybridized carbons (Fsp3) is 0.529. The van der Waals surface area contributed by atoms with Crippen LogP contribution in [0, 0.1) is 0 Å². The molecule has 2 heterocycles. The number of fused-ring (bicyclic) bond motifs is 1. The maximum absolute atomic E-state index is 6.37. The summed E-state index contributed by atoms with van der Waals surface area (Å²) in [6.45, 7) is 3.69. The molecule has 2 aliphatic heterocycles. The van der Waals surface area contributed by atoms with E-state index in [1.54, 1.807) is 14.2 Å². The van der Waals surface area contributed by atoms with Crippen molar-refractivity contribution >= 4 is 6.08 Å². The molecule has 2 N–H and O–H groups in total. The first-order valence-corrected chi connectivity index (χ1v) is 7.76. The van der Waals surface area contributed by atoms with Crippen LogP contribution in [-0.4, -0.2) is 50.9 Å². The average molecular weight is 304 g/mol.